The standard InChI is InChI=1S/C16H22N2O4/c1-21-13-8-12(9-14(10-13)22-2)16(20)18-17-15(19)7-11-5-3-4-6-11/h8-11H,3-7H2,1-2H3,(H,17,19)(H,18,20). The number of hydrogen-bond acceptors (Lipinski definition) is 4. The van der Waals surface area contributed by atoms with Crippen LogP contribution in [0.2, 0.25) is 0 Å². The van der Waals surface area contributed by atoms with Crippen molar-refractivity contribution in [2.24, 2.45) is 5.92 Å². The summed E-state index contributed by atoms with van der Waals surface area (Å²) in [6, 6.07) is 4.84. The molecule has 1 aromatic rings. The van der Waals surface area contributed by atoms with Crippen LogP contribution in [0.1, 0.15) is 42.5 Å². The van der Waals surface area contributed by atoms with Gasteiger partial charge in [0.05, 0.1) is 14.2 Å². The second-order valence-electron chi connectivity index (χ2n) is 5.46. The molecule has 0 spiro atoms. The van der Waals surface area contributed by atoms with Gasteiger partial charge in [0.1, 0.15) is 11.5 Å². The molecule has 120 valence electrons. The highest BCUT2D eigenvalue weighted by molar-refractivity contribution is 5.96. The predicted molar refractivity (Wildman–Crippen MR) is 81.7 cm³/mol. The van der Waals surface area contributed by atoms with E-state index in [0.29, 0.717) is 29.4 Å². The molecule has 6 nitrogen and oxygen atoms in total. The molecule has 0 saturated heterocycles. The van der Waals surface area contributed by atoms with Crippen LogP contribution in [-0.2, 0) is 4.79 Å². The third kappa shape index (κ3) is 4.38. The SMILES string of the molecule is COc1cc(OC)cc(C(=O)NNC(=O)CC2CCCC2)c1. The topological polar surface area (TPSA) is 76.7 Å². The Hall–Kier alpha value is -2.24. The minimum absolute atomic E-state index is 0.157. The number of carbonyl (C=O) groups is 2. The van der Waals surface area contributed by atoms with Gasteiger partial charge in [-0.2, -0.15) is 0 Å². The monoisotopic (exact) mass is 306 g/mol. The molecular formula is C16H22N2O4. The van der Waals surface area contributed by atoms with Crippen molar-refractivity contribution in [2.45, 2.75) is 32.1 Å². The molecule has 0 aromatic heterocycles. The molecule has 1 aliphatic rings. The van der Waals surface area contributed by atoms with Gasteiger partial charge in [0, 0.05) is 18.1 Å². The minimum Gasteiger partial charge on any atom is -0.497 e. The summed E-state index contributed by atoms with van der Waals surface area (Å²) >= 11 is 0. The largest absolute Gasteiger partial charge is 0.497 e. The number of ether oxygens (including phenoxy) is 2. The molecule has 0 atom stereocenters. The Morgan fingerprint density at radius 3 is 2.18 bits per heavy atom. The van der Waals surface area contributed by atoms with Crippen molar-refractivity contribution in [3.05, 3.63) is 23.8 Å². The van der Waals surface area contributed by atoms with E-state index in [4.69, 9.17) is 9.47 Å². The van der Waals surface area contributed by atoms with Crippen LogP contribution in [0.15, 0.2) is 18.2 Å². The van der Waals surface area contributed by atoms with Crippen molar-refractivity contribution in [1.29, 1.82) is 0 Å². The molecule has 0 heterocycles. The van der Waals surface area contributed by atoms with Crippen LogP contribution < -0.4 is 20.3 Å². The Labute approximate surface area is 130 Å². The lowest BCUT2D eigenvalue weighted by Gasteiger charge is -2.12. The molecular weight excluding hydrogens is 284 g/mol. The quantitative estimate of drug-likeness (QED) is 0.816. The number of hydrazine groups is 1. The second kappa shape index (κ2) is 7.68. The first-order chi connectivity index (χ1) is 10.6. The van der Waals surface area contributed by atoms with Gasteiger partial charge < -0.3 is 9.47 Å². The minimum atomic E-state index is -0.406. The first-order valence-electron chi connectivity index (χ1n) is 7.44. The number of hydrogen-bond donors (Lipinski definition) is 2. The summed E-state index contributed by atoms with van der Waals surface area (Å²) in [5.74, 6) is 0.907. The smallest absolute Gasteiger partial charge is 0.269 e. The average Bonchev–Trinajstić information content (AvgIpc) is 3.04. The molecule has 2 amide bonds. The van der Waals surface area contributed by atoms with E-state index >= 15 is 0 Å². The highest BCUT2D eigenvalue weighted by Gasteiger charge is 2.19. The van der Waals surface area contributed by atoms with E-state index in [0.717, 1.165) is 12.8 Å². The highest BCUT2D eigenvalue weighted by atomic mass is 16.5. The van der Waals surface area contributed by atoms with E-state index in [1.165, 1.54) is 27.1 Å². The van der Waals surface area contributed by atoms with E-state index in [1.54, 1.807) is 18.2 Å². The number of rotatable bonds is 5. The van der Waals surface area contributed by atoms with Crippen LogP contribution in [0.25, 0.3) is 0 Å². The van der Waals surface area contributed by atoms with Gasteiger partial charge in [-0.25, -0.2) is 0 Å². The molecule has 2 N–H and O–H groups in total. The van der Waals surface area contributed by atoms with E-state index in [2.05, 4.69) is 10.9 Å². The van der Waals surface area contributed by atoms with Gasteiger partial charge >= 0.3 is 0 Å². The Morgan fingerprint density at radius 2 is 1.64 bits per heavy atom. The van der Waals surface area contributed by atoms with Gasteiger partial charge in [-0.15, -0.1) is 0 Å². The summed E-state index contributed by atoms with van der Waals surface area (Å²) in [5.41, 5.74) is 5.25. The fourth-order valence-corrected chi connectivity index (χ4v) is 2.66. The first kappa shape index (κ1) is 16.1. The van der Waals surface area contributed by atoms with Crippen LogP contribution in [0, 0.1) is 5.92 Å². The van der Waals surface area contributed by atoms with E-state index < -0.39 is 5.91 Å². The van der Waals surface area contributed by atoms with Gasteiger partial charge in [-0.05, 0) is 30.9 Å². The van der Waals surface area contributed by atoms with E-state index in [1.807, 2.05) is 0 Å². The summed E-state index contributed by atoms with van der Waals surface area (Å²) in [7, 11) is 3.03. The predicted octanol–water partition coefficient (Wildman–Crippen LogP) is 2.05. The molecule has 1 aliphatic carbocycles. The number of nitrogens with one attached hydrogen (secondary N) is 2. The molecule has 6 heteroatoms. The number of benzene rings is 1. The number of amides is 2. The Balaban J connectivity index is 1.89. The molecule has 0 aliphatic heterocycles. The lowest BCUT2D eigenvalue weighted by atomic mass is 10.0. The molecule has 1 aromatic carbocycles. The average molecular weight is 306 g/mol. The number of methoxy groups -OCH3 is 2. The van der Waals surface area contributed by atoms with Crippen LogP contribution in [0.5, 0.6) is 11.5 Å². The van der Waals surface area contributed by atoms with Gasteiger partial charge in [0.15, 0.2) is 0 Å². The van der Waals surface area contributed by atoms with Gasteiger partial charge in [-0.1, -0.05) is 12.8 Å². The zero-order valence-electron chi connectivity index (χ0n) is 13.0. The Morgan fingerprint density at radius 1 is 1.05 bits per heavy atom. The Kier molecular flexibility index (Phi) is 5.63. The first-order valence-corrected chi connectivity index (χ1v) is 7.44. The van der Waals surface area contributed by atoms with Crippen molar-refractivity contribution in [1.82, 2.24) is 10.9 Å². The van der Waals surface area contributed by atoms with Crippen LogP contribution in [0.4, 0.5) is 0 Å². The molecule has 1 fully saturated rings. The summed E-state index contributed by atoms with van der Waals surface area (Å²) in [4.78, 5) is 23.9. The maximum atomic E-state index is 12.1. The van der Waals surface area contributed by atoms with Crippen LogP contribution in [0.3, 0.4) is 0 Å². The zero-order valence-corrected chi connectivity index (χ0v) is 13.0. The summed E-state index contributed by atoms with van der Waals surface area (Å²) in [6.07, 6.45) is 5.02. The van der Waals surface area contributed by atoms with Crippen molar-refractivity contribution < 1.29 is 19.1 Å². The van der Waals surface area contributed by atoms with E-state index in [9.17, 15) is 9.59 Å². The number of carbonyl (C=O) groups excluding carboxylic acids is 2. The van der Waals surface area contributed by atoms with Crippen LogP contribution >= 0.6 is 0 Å². The summed E-state index contributed by atoms with van der Waals surface area (Å²) in [6.45, 7) is 0. The van der Waals surface area contributed by atoms with Crippen molar-refractivity contribution in [3.63, 3.8) is 0 Å². The summed E-state index contributed by atoms with van der Waals surface area (Å²) < 4.78 is 10.2. The van der Waals surface area contributed by atoms with Gasteiger partial charge in [0.2, 0.25) is 5.91 Å². The summed E-state index contributed by atoms with van der Waals surface area (Å²) in [5, 5.41) is 0. The maximum absolute atomic E-state index is 12.1. The Bertz CT molecular complexity index is 517. The lowest BCUT2D eigenvalue weighted by Crippen LogP contribution is -2.42. The fraction of sp³-hybridized carbons (Fsp3) is 0.500. The molecule has 1 saturated carbocycles. The van der Waals surface area contributed by atoms with Crippen molar-refractivity contribution in [2.75, 3.05) is 14.2 Å². The normalized spacial score (nSPS) is 14.5. The molecule has 0 radical (unpaired) electrons. The highest BCUT2D eigenvalue weighted by Crippen LogP contribution is 2.27. The third-order valence-corrected chi connectivity index (χ3v) is 3.88. The maximum Gasteiger partial charge on any atom is 0.269 e. The lowest BCUT2D eigenvalue weighted by molar-refractivity contribution is -0.122. The second-order valence-corrected chi connectivity index (χ2v) is 5.46. The molecule has 0 bridgehead atoms. The van der Waals surface area contributed by atoms with E-state index in [-0.39, 0.29) is 5.91 Å². The fourth-order valence-electron chi connectivity index (χ4n) is 2.66. The van der Waals surface area contributed by atoms with Gasteiger partial charge in [0.25, 0.3) is 5.91 Å². The van der Waals surface area contributed by atoms with Crippen LogP contribution in [-0.4, -0.2) is 26.0 Å². The molecule has 0 unspecified atom stereocenters. The molecule has 2 rings (SSSR count). The van der Waals surface area contributed by atoms with Crippen molar-refractivity contribution >= 4 is 11.8 Å². The zero-order chi connectivity index (χ0) is 15.9. The third-order valence-electron chi connectivity index (χ3n) is 3.88. The molecule has 22 heavy (non-hydrogen) atoms. The van der Waals surface area contributed by atoms with Crippen molar-refractivity contribution in [3.8, 4) is 11.5 Å². The van der Waals surface area contributed by atoms with Gasteiger partial charge in [-0.3, -0.25) is 20.4 Å².